The van der Waals surface area contributed by atoms with Gasteiger partial charge in [0.25, 0.3) is 0 Å². The third kappa shape index (κ3) is 2.62. The lowest BCUT2D eigenvalue weighted by molar-refractivity contribution is -0.257. The molecule has 0 bridgehead atoms. The Balaban J connectivity index is 1.57. The first-order chi connectivity index (χ1) is 14.7. The topological polar surface area (TPSA) is 20.2 Å². The molecule has 1 N–H and O–H groups in total. The van der Waals surface area contributed by atoms with Crippen LogP contribution in [-0.2, 0) is 0 Å². The predicted molar refractivity (Wildman–Crippen MR) is 135 cm³/mol. The van der Waals surface area contributed by atoms with Crippen molar-refractivity contribution >= 4 is 0 Å². The maximum absolute atomic E-state index is 11.7. The molecule has 0 saturated heterocycles. The lowest BCUT2D eigenvalue weighted by atomic mass is 9.31. The quantitative estimate of drug-likeness (QED) is 0.407. The van der Waals surface area contributed by atoms with Gasteiger partial charge in [0.1, 0.15) is 0 Å². The smallest absolute Gasteiger partial charge is 0.0602 e. The molecule has 5 fully saturated rings. The van der Waals surface area contributed by atoms with Gasteiger partial charge in [0, 0.05) is 0 Å². The fourth-order valence-electron chi connectivity index (χ4n) is 11.7. The molecule has 0 radical (unpaired) electrons. The Hall–Kier alpha value is -0.300. The molecule has 5 saturated carbocycles. The first kappa shape index (κ1) is 23.4. The Bertz CT molecular complexity index is 796. The molecule has 0 heterocycles. The van der Waals surface area contributed by atoms with Gasteiger partial charge in [-0.25, -0.2) is 0 Å². The van der Waals surface area contributed by atoms with E-state index in [1.165, 1.54) is 56.9 Å². The van der Waals surface area contributed by atoms with Crippen LogP contribution in [0.5, 0.6) is 0 Å². The highest BCUT2D eigenvalue weighted by Crippen LogP contribution is 2.77. The molecular weight excluding hydrogens is 388 g/mol. The summed E-state index contributed by atoms with van der Waals surface area (Å²) in [7, 11) is 0. The number of rotatable bonds is 1. The molecule has 5 aliphatic carbocycles. The van der Waals surface area contributed by atoms with Gasteiger partial charge in [-0.05, 0) is 127 Å². The van der Waals surface area contributed by atoms with Crippen LogP contribution in [0.1, 0.15) is 113 Å². The fraction of sp³-hybridized carbons (Fsp3) is 0.935. The first-order valence-electron chi connectivity index (χ1n) is 14.1. The van der Waals surface area contributed by atoms with Gasteiger partial charge in [-0.2, -0.15) is 0 Å². The Morgan fingerprint density at radius 2 is 1.44 bits per heavy atom. The number of allylic oxidation sites excluding steroid dienone is 1. The first-order valence-corrected chi connectivity index (χ1v) is 14.1. The third-order valence-corrected chi connectivity index (χ3v) is 14.1. The highest BCUT2D eigenvalue weighted by atomic mass is 16.3. The summed E-state index contributed by atoms with van der Waals surface area (Å²) >= 11 is 0. The number of hydrogen-bond acceptors (Lipinski definition) is 1. The zero-order valence-corrected chi connectivity index (χ0v) is 22.6. The minimum absolute atomic E-state index is 0.0976. The zero-order valence-electron chi connectivity index (χ0n) is 22.6. The van der Waals surface area contributed by atoms with Crippen molar-refractivity contribution in [3.63, 3.8) is 0 Å². The van der Waals surface area contributed by atoms with Crippen LogP contribution >= 0.6 is 0 Å². The summed E-state index contributed by atoms with van der Waals surface area (Å²) in [4.78, 5) is 0. The molecule has 32 heavy (non-hydrogen) atoms. The van der Waals surface area contributed by atoms with Crippen molar-refractivity contribution in [2.24, 2.45) is 62.6 Å². The van der Waals surface area contributed by atoms with Gasteiger partial charge in [-0.15, -0.1) is 0 Å². The Morgan fingerprint density at radius 3 is 2.09 bits per heavy atom. The van der Waals surface area contributed by atoms with E-state index in [4.69, 9.17) is 0 Å². The number of aliphatic hydroxyl groups is 1. The summed E-state index contributed by atoms with van der Waals surface area (Å²) in [5.41, 5.74) is 2.99. The second-order valence-corrected chi connectivity index (χ2v) is 15.2. The van der Waals surface area contributed by atoms with Gasteiger partial charge in [0.2, 0.25) is 0 Å². The van der Waals surface area contributed by atoms with Crippen LogP contribution in [0.2, 0.25) is 0 Å². The van der Waals surface area contributed by atoms with Crippen LogP contribution in [0.15, 0.2) is 12.2 Å². The third-order valence-electron chi connectivity index (χ3n) is 14.1. The Morgan fingerprint density at radius 1 is 0.781 bits per heavy atom. The van der Waals surface area contributed by atoms with E-state index in [1.54, 1.807) is 0 Å². The van der Waals surface area contributed by atoms with E-state index >= 15 is 0 Å². The summed E-state index contributed by atoms with van der Waals surface area (Å²) in [6.07, 6.45) is 11.7. The lowest BCUT2D eigenvalue weighted by Crippen LogP contribution is -2.67. The molecule has 0 aromatic carbocycles. The maximum atomic E-state index is 11.7. The minimum Gasteiger partial charge on any atom is -0.393 e. The van der Waals surface area contributed by atoms with E-state index in [9.17, 15) is 5.11 Å². The molecule has 182 valence electrons. The second kappa shape index (κ2) is 6.89. The molecule has 5 aliphatic rings. The maximum Gasteiger partial charge on any atom is 0.0602 e. The molecule has 0 unspecified atom stereocenters. The zero-order chi connectivity index (χ0) is 23.5. The summed E-state index contributed by atoms with van der Waals surface area (Å²) in [5.74, 6) is 4.48. The highest BCUT2D eigenvalue weighted by Gasteiger charge is 2.71. The van der Waals surface area contributed by atoms with Crippen molar-refractivity contribution in [2.45, 2.75) is 119 Å². The number of hydrogen-bond donors (Lipinski definition) is 1. The summed E-state index contributed by atoms with van der Waals surface area (Å²) in [5, 5.41) is 11.7. The van der Waals surface area contributed by atoms with E-state index in [2.05, 4.69) is 62.0 Å². The molecule has 0 amide bonds. The second-order valence-electron chi connectivity index (χ2n) is 15.2. The highest BCUT2D eigenvalue weighted by molar-refractivity contribution is 5.22. The summed E-state index contributed by atoms with van der Waals surface area (Å²) in [6, 6.07) is 0. The van der Waals surface area contributed by atoms with Crippen molar-refractivity contribution in [2.75, 3.05) is 0 Å². The Labute approximate surface area is 199 Å². The molecular formula is C31H52O. The molecule has 1 nitrogen and oxygen atoms in total. The van der Waals surface area contributed by atoms with Crippen molar-refractivity contribution in [3.8, 4) is 0 Å². The van der Waals surface area contributed by atoms with Gasteiger partial charge in [0.05, 0.1) is 6.10 Å². The van der Waals surface area contributed by atoms with Crippen LogP contribution in [0.4, 0.5) is 0 Å². The molecule has 0 spiro atoms. The van der Waals surface area contributed by atoms with Crippen LogP contribution in [0.3, 0.4) is 0 Å². The van der Waals surface area contributed by atoms with Crippen LogP contribution in [0, 0.1) is 62.6 Å². The van der Waals surface area contributed by atoms with Crippen molar-refractivity contribution in [3.05, 3.63) is 12.2 Å². The van der Waals surface area contributed by atoms with Gasteiger partial charge in [-0.3, -0.25) is 0 Å². The van der Waals surface area contributed by atoms with Gasteiger partial charge >= 0.3 is 0 Å². The van der Waals surface area contributed by atoms with Crippen molar-refractivity contribution in [1.29, 1.82) is 0 Å². The predicted octanol–water partition coefficient (Wildman–Crippen LogP) is 8.27. The molecule has 1 heteroatoms. The molecule has 0 aromatic heterocycles. The standard InChI is InChI=1S/C31H52O/c1-19(2)21-13-16-29(7)25(32)18-31(9)22(26(21)29)10-11-24-28(6)15-12-20(3)27(4,5)23(28)14-17-30(24,31)8/h20-26,32H,1,10-18H2,2-9H3/t20-,21-,22+,23-,24+,25-,26+,28-,29+,30+,31+/m0/s1. The van der Waals surface area contributed by atoms with E-state index in [-0.39, 0.29) is 16.9 Å². The Kier molecular flexibility index (Phi) is 5.05. The van der Waals surface area contributed by atoms with E-state index in [0.29, 0.717) is 28.1 Å². The largest absolute Gasteiger partial charge is 0.393 e. The average Bonchev–Trinajstić information content (AvgIpc) is 3.05. The summed E-state index contributed by atoms with van der Waals surface area (Å²) < 4.78 is 0. The fourth-order valence-corrected chi connectivity index (χ4v) is 11.7. The molecule has 0 aromatic rings. The molecule has 0 aliphatic heterocycles. The minimum atomic E-state index is -0.151. The van der Waals surface area contributed by atoms with Crippen LogP contribution in [-0.4, -0.2) is 11.2 Å². The van der Waals surface area contributed by atoms with Gasteiger partial charge in [-0.1, -0.05) is 60.6 Å². The lowest BCUT2D eigenvalue weighted by Gasteiger charge is -2.73. The normalized spacial score (nSPS) is 58.8. The number of aliphatic hydroxyl groups excluding tert-OH is 1. The average molecular weight is 441 g/mol. The monoisotopic (exact) mass is 440 g/mol. The SMILES string of the molecule is C=C(C)[C@@H]1CC[C@@]2(C)[C@H]1[C@H]1CC[C@@H]3[C@@]4(C)CC[C@H](C)C(C)(C)[C@@H]4CC[C@@]3(C)[C@]1(C)C[C@@H]2O. The van der Waals surface area contributed by atoms with Crippen molar-refractivity contribution in [1.82, 2.24) is 0 Å². The van der Waals surface area contributed by atoms with E-state index in [0.717, 1.165) is 30.1 Å². The number of fused-ring (bicyclic) bond motifs is 7. The molecule has 5 rings (SSSR count). The van der Waals surface area contributed by atoms with Crippen molar-refractivity contribution < 1.29 is 5.11 Å². The van der Waals surface area contributed by atoms with Crippen LogP contribution in [0.25, 0.3) is 0 Å². The van der Waals surface area contributed by atoms with Gasteiger partial charge < -0.3 is 5.11 Å². The van der Waals surface area contributed by atoms with E-state index in [1.807, 2.05) is 0 Å². The van der Waals surface area contributed by atoms with Crippen LogP contribution < -0.4 is 0 Å². The summed E-state index contributed by atoms with van der Waals surface area (Å²) in [6.45, 7) is 24.9. The van der Waals surface area contributed by atoms with Gasteiger partial charge in [0.15, 0.2) is 0 Å². The van der Waals surface area contributed by atoms with E-state index < -0.39 is 0 Å². The molecule has 11 atom stereocenters.